The van der Waals surface area contributed by atoms with E-state index in [0.29, 0.717) is 12.0 Å². The molecule has 0 aliphatic carbocycles. The highest BCUT2D eigenvalue weighted by Crippen LogP contribution is 2.20. The first-order chi connectivity index (χ1) is 10.3. The minimum absolute atomic E-state index is 0.0481. The standard InChI is InChI=1S/C18H22O4/c1-5-13(4)18(21)22-9-8-14-6-7-16(19)15(11-14)17(20)10-12(2)3/h5-7,10-11,19H,8-9H2,1-4H3. The molecule has 0 radical (unpaired) electrons. The lowest BCUT2D eigenvalue weighted by atomic mass is 10.0. The van der Waals surface area contributed by atoms with Crippen molar-refractivity contribution in [2.45, 2.75) is 34.1 Å². The Morgan fingerprint density at radius 2 is 1.91 bits per heavy atom. The smallest absolute Gasteiger partial charge is 0.333 e. The first-order valence-electron chi connectivity index (χ1n) is 7.16. The minimum atomic E-state index is -0.345. The molecule has 0 aliphatic rings. The second-order valence-electron chi connectivity index (χ2n) is 5.30. The van der Waals surface area contributed by atoms with Gasteiger partial charge < -0.3 is 9.84 Å². The molecule has 0 aromatic heterocycles. The van der Waals surface area contributed by atoms with Gasteiger partial charge in [-0.05, 0) is 51.5 Å². The molecule has 0 aliphatic heterocycles. The number of phenolic OH excluding ortho intramolecular Hbond substituents is 1. The van der Waals surface area contributed by atoms with E-state index < -0.39 is 0 Å². The van der Waals surface area contributed by atoms with Crippen LogP contribution in [-0.4, -0.2) is 23.5 Å². The summed E-state index contributed by atoms with van der Waals surface area (Å²) in [5, 5.41) is 9.79. The number of aromatic hydroxyl groups is 1. The lowest BCUT2D eigenvalue weighted by molar-refractivity contribution is -0.138. The first-order valence-corrected chi connectivity index (χ1v) is 7.16. The Labute approximate surface area is 131 Å². The van der Waals surface area contributed by atoms with E-state index in [1.807, 2.05) is 13.8 Å². The Kier molecular flexibility index (Phi) is 6.57. The number of carbonyl (C=O) groups is 2. The van der Waals surface area contributed by atoms with Crippen LogP contribution in [0.1, 0.15) is 43.6 Å². The van der Waals surface area contributed by atoms with Crippen LogP contribution in [0.15, 0.2) is 41.5 Å². The molecule has 1 rings (SSSR count). The van der Waals surface area contributed by atoms with E-state index in [1.54, 1.807) is 32.1 Å². The predicted octanol–water partition coefficient (Wildman–Crippen LogP) is 3.59. The van der Waals surface area contributed by atoms with Crippen LogP contribution >= 0.6 is 0 Å². The molecule has 0 heterocycles. The predicted molar refractivity (Wildman–Crippen MR) is 86.0 cm³/mol. The van der Waals surface area contributed by atoms with Crippen LogP contribution in [0.2, 0.25) is 0 Å². The van der Waals surface area contributed by atoms with E-state index in [4.69, 9.17) is 4.74 Å². The molecule has 0 amide bonds. The molecule has 1 aromatic carbocycles. The van der Waals surface area contributed by atoms with Crippen LogP contribution < -0.4 is 0 Å². The van der Waals surface area contributed by atoms with Crippen LogP contribution in [-0.2, 0) is 16.0 Å². The lowest BCUT2D eigenvalue weighted by Gasteiger charge is -2.07. The molecule has 0 atom stereocenters. The van der Waals surface area contributed by atoms with Gasteiger partial charge in [0.15, 0.2) is 5.78 Å². The number of carbonyl (C=O) groups excluding carboxylic acids is 2. The van der Waals surface area contributed by atoms with Crippen LogP contribution in [0.4, 0.5) is 0 Å². The Morgan fingerprint density at radius 3 is 2.50 bits per heavy atom. The summed E-state index contributed by atoms with van der Waals surface area (Å²) in [5.41, 5.74) is 2.51. The van der Waals surface area contributed by atoms with Crippen molar-refractivity contribution in [3.05, 3.63) is 52.6 Å². The molecule has 1 N–H and O–H groups in total. The molecule has 1 aromatic rings. The van der Waals surface area contributed by atoms with Gasteiger partial charge in [0, 0.05) is 12.0 Å². The summed E-state index contributed by atoms with van der Waals surface area (Å²) in [7, 11) is 0. The Balaban J connectivity index is 2.76. The summed E-state index contributed by atoms with van der Waals surface area (Å²) in [6.07, 6.45) is 3.66. The summed E-state index contributed by atoms with van der Waals surface area (Å²) in [5.74, 6) is -0.628. The highest BCUT2D eigenvalue weighted by molar-refractivity contribution is 6.06. The molecule has 0 unspecified atom stereocenters. The van der Waals surface area contributed by atoms with Crippen molar-refractivity contribution in [1.82, 2.24) is 0 Å². The fraction of sp³-hybridized carbons (Fsp3) is 0.333. The summed E-state index contributed by atoms with van der Waals surface area (Å²) in [6.45, 7) is 7.34. The maximum absolute atomic E-state index is 12.0. The van der Waals surface area contributed by atoms with E-state index in [1.165, 1.54) is 12.1 Å². The van der Waals surface area contributed by atoms with Crippen LogP contribution in [0.25, 0.3) is 0 Å². The number of phenols is 1. The molecule has 118 valence electrons. The van der Waals surface area contributed by atoms with E-state index >= 15 is 0 Å². The van der Waals surface area contributed by atoms with Crippen molar-refractivity contribution in [3.63, 3.8) is 0 Å². The molecule has 22 heavy (non-hydrogen) atoms. The number of hydrogen-bond donors (Lipinski definition) is 1. The van der Waals surface area contributed by atoms with E-state index in [9.17, 15) is 14.7 Å². The summed E-state index contributed by atoms with van der Waals surface area (Å²) in [6, 6.07) is 4.83. The monoisotopic (exact) mass is 302 g/mol. The molecular formula is C18H22O4. The van der Waals surface area contributed by atoms with Crippen LogP contribution in [0, 0.1) is 0 Å². The number of esters is 1. The van der Waals surface area contributed by atoms with Gasteiger partial charge >= 0.3 is 5.97 Å². The number of rotatable bonds is 6. The third kappa shape index (κ3) is 5.20. The SMILES string of the molecule is CC=C(C)C(=O)OCCc1ccc(O)c(C(=O)C=C(C)C)c1. The third-order valence-corrected chi connectivity index (χ3v) is 3.13. The summed E-state index contributed by atoms with van der Waals surface area (Å²) < 4.78 is 5.13. The normalized spacial score (nSPS) is 11.0. The molecule has 0 saturated heterocycles. The van der Waals surface area contributed by atoms with Gasteiger partial charge in [-0.1, -0.05) is 17.7 Å². The average Bonchev–Trinajstić information content (AvgIpc) is 2.47. The Morgan fingerprint density at radius 1 is 1.23 bits per heavy atom. The average molecular weight is 302 g/mol. The van der Waals surface area contributed by atoms with Gasteiger partial charge in [-0.2, -0.15) is 0 Å². The van der Waals surface area contributed by atoms with E-state index in [2.05, 4.69) is 0 Å². The summed E-state index contributed by atoms with van der Waals surface area (Å²) in [4.78, 5) is 23.5. The van der Waals surface area contributed by atoms with E-state index in [-0.39, 0.29) is 29.7 Å². The second kappa shape index (κ2) is 8.17. The maximum Gasteiger partial charge on any atom is 0.333 e. The topological polar surface area (TPSA) is 63.6 Å². The zero-order chi connectivity index (χ0) is 16.7. The second-order valence-corrected chi connectivity index (χ2v) is 5.30. The molecule has 0 bridgehead atoms. The van der Waals surface area contributed by atoms with Crippen molar-refractivity contribution >= 4 is 11.8 Å². The lowest BCUT2D eigenvalue weighted by Crippen LogP contribution is -2.09. The number of benzene rings is 1. The fourth-order valence-corrected chi connectivity index (χ4v) is 1.77. The van der Waals surface area contributed by atoms with E-state index in [0.717, 1.165) is 11.1 Å². The number of ether oxygens (including phenoxy) is 1. The summed E-state index contributed by atoms with van der Waals surface area (Å²) >= 11 is 0. The van der Waals surface area contributed by atoms with Gasteiger partial charge in [-0.15, -0.1) is 0 Å². The number of ketones is 1. The zero-order valence-corrected chi connectivity index (χ0v) is 13.5. The Bertz CT molecular complexity index is 620. The van der Waals surface area contributed by atoms with Crippen molar-refractivity contribution < 1.29 is 19.4 Å². The van der Waals surface area contributed by atoms with Crippen LogP contribution in [0.5, 0.6) is 5.75 Å². The van der Waals surface area contributed by atoms with Crippen LogP contribution in [0.3, 0.4) is 0 Å². The first kappa shape index (κ1) is 17.7. The molecule has 4 heteroatoms. The van der Waals surface area contributed by atoms with Gasteiger partial charge in [0.2, 0.25) is 0 Å². The largest absolute Gasteiger partial charge is 0.507 e. The molecule has 4 nitrogen and oxygen atoms in total. The van der Waals surface area contributed by atoms with Gasteiger partial charge in [-0.25, -0.2) is 4.79 Å². The van der Waals surface area contributed by atoms with Gasteiger partial charge in [0.25, 0.3) is 0 Å². The minimum Gasteiger partial charge on any atom is -0.507 e. The zero-order valence-electron chi connectivity index (χ0n) is 13.5. The van der Waals surface area contributed by atoms with Gasteiger partial charge in [-0.3, -0.25) is 4.79 Å². The highest BCUT2D eigenvalue weighted by Gasteiger charge is 2.10. The van der Waals surface area contributed by atoms with Crippen molar-refractivity contribution in [3.8, 4) is 5.75 Å². The molecule has 0 spiro atoms. The highest BCUT2D eigenvalue weighted by atomic mass is 16.5. The maximum atomic E-state index is 12.0. The molecular weight excluding hydrogens is 280 g/mol. The number of allylic oxidation sites excluding steroid dienone is 3. The van der Waals surface area contributed by atoms with Crippen molar-refractivity contribution in [2.24, 2.45) is 0 Å². The van der Waals surface area contributed by atoms with Gasteiger partial charge in [0.1, 0.15) is 5.75 Å². The van der Waals surface area contributed by atoms with Gasteiger partial charge in [0.05, 0.1) is 12.2 Å². The molecule has 0 saturated carbocycles. The van der Waals surface area contributed by atoms with Crippen molar-refractivity contribution in [1.29, 1.82) is 0 Å². The number of hydrogen-bond acceptors (Lipinski definition) is 4. The third-order valence-electron chi connectivity index (χ3n) is 3.13. The fourth-order valence-electron chi connectivity index (χ4n) is 1.77. The quantitative estimate of drug-likeness (QED) is 0.495. The van der Waals surface area contributed by atoms with Crippen molar-refractivity contribution in [2.75, 3.05) is 6.61 Å². The molecule has 0 fully saturated rings. The Hall–Kier alpha value is -2.36.